The molecule has 1 aliphatic carbocycles. The van der Waals surface area contributed by atoms with Crippen LogP contribution in [0.2, 0.25) is 0 Å². The number of nitrogens with one attached hydrogen (secondary N) is 2. The van der Waals surface area contributed by atoms with Gasteiger partial charge in [-0.25, -0.2) is 9.59 Å². The van der Waals surface area contributed by atoms with Gasteiger partial charge in [0.2, 0.25) is 0 Å². The van der Waals surface area contributed by atoms with Crippen molar-refractivity contribution in [2.24, 2.45) is 5.92 Å². The van der Waals surface area contributed by atoms with E-state index < -0.39 is 18.0 Å². The van der Waals surface area contributed by atoms with Crippen molar-refractivity contribution < 1.29 is 14.7 Å². The van der Waals surface area contributed by atoms with Crippen molar-refractivity contribution in [2.75, 3.05) is 6.54 Å². The summed E-state index contributed by atoms with van der Waals surface area (Å²) in [4.78, 5) is 22.1. The molecule has 1 unspecified atom stereocenters. The summed E-state index contributed by atoms with van der Waals surface area (Å²) < 4.78 is 0. The van der Waals surface area contributed by atoms with Gasteiger partial charge < -0.3 is 15.7 Å². The molecule has 1 fully saturated rings. The van der Waals surface area contributed by atoms with Crippen LogP contribution in [0.1, 0.15) is 26.2 Å². The molecule has 0 aliphatic heterocycles. The quantitative estimate of drug-likeness (QED) is 0.471. The van der Waals surface area contributed by atoms with Gasteiger partial charge in [0, 0.05) is 13.0 Å². The Bertz CT molecular complexity index is 326. The van der Waals surface area contributed by atoms with Crippen LogP contribution < -0.4 is 10.6 Å². The van der Waals surface area contributed by atoms with Crippen molar-refractivity contribution >= 4 is 12.0 Å². The molecular weight excluding hydrogens is 208 g/mol. The molecule has 1 aliphatic rings. The highest BCUT2D eigenvalue weighted by molar-refractivity contribution is 5.83. The van der Waals surface area contributed by atoms with Crippen LogP contribution in [0.4, 0.5) is 4.79 Å². The first-order valence-electron chi connectivity index (χ1n) is 5.32. The van der Waals surface area contributed by atoms with Gasteiger partial charge in [0.25, 0.3) is 0 Å². The monoisotopic (exact) mass is 224 g/mol. The molecule has 0 spiro atoms. The van der Waals surface area contributed by atoms with Crippen molar-refractivity contribution in [1.29, 1.82) is 0 Å². The molecule has 5 heteroatoms. The predicted octanol–water partition coefficient (Wildman–Crippen LogP) is 0.562. The fourth-order valence-electron chi connectivity index (χ4n) is 1.37. The second-order valence-electron chi connectivity index (χ2n) is 3.73. The zero-order valence-electron chi connectivity index (χ0n) is 9.25. The number of carbonyl (C=O) groups excluding carboxylic acids is 1. The number of hydrogen-bond acceptors (Lipinski definition) is 2. The Labute approximate surface area is 94.6 Å². The average Bonchev–Trinajstić information content (AvgIpc) is 3.04. The Morgan fingerprint density at radius 3 is 2.69 bits per heavy atom. The number of carboxylic acids is 1. The van der Waals surface area contributed by atoms with Crippen LogP contribution in [-0.4, -0.2) is 29.7 Å². The number of aliphatic carboxylic acids is 1. The highest BCUT2D eigenvalue weighted by Crippen LogP contribution is 2.32. The predicted molar refractivity (Wildman–Crippen MR) is 58.7 cm³/mol. The maximum Gasteiger partial charge on any atom is 0.326 e. The second kappa shape index (κ2) is 6.01. The van der Waals surface area contributed by atoms with Crippen molar-refractivity contribution in [3.05, 3.63) is 0 Å². The molecule has 2 amide bonds. The first kappa shape index (κ1) is 12.4. The van der Waals surface area contributed by atoms with Gasteiger partial charge in [-0.1, -0.05) is 0 Å². The normalized spacial score (nSPS) is 15.6. The topological polar surface area (TPSA) is 78.4 Å². The summed E-state index contributed by atoms with van der Waals surface area (Å²) in [5.41, 5.74) is 0. The van der Waals surface area contributed by atoms with Gasteiger partial charge in [0.15, 0.2) is 0 Å². The Balaban J connectivity index is 2.25. The molecule has 0 heterocycles. The van der Waals surface area contributed by atoms with Crippen LogP contribution in [-0.2, 0) is 4.79 Å². The van der Waals surface area contributed by atoms with Crippen molar-refractivity contribution in [2.45, 2.75) is 32.2 Å². The van der Waals surface area contributed by atoms with E-state index in [9.17, 15) is 9.59 Å². The zero-order chi connectivity index (χ0) is 12.0. The van der Waals surface area contributed by atoms with Crippen LogP contribution in [0.3, 0.4) is 0 Å². The molecule has 1 rings (SSSR count). The minimum atomic E-state index is -0.967. The zero-order valence-corrected chi connectivity index (χ0v) is 9.25. The summed E-state index contributed by atoms with van der Waals surface area (Å²) in [6.07, 6.45) is 2.32. The van der Waals surface area contributed by atoms with Crippen LogP contribution in [0.15, 0.2) is 0 Å². The molecular formula is C11H16N2O3. The maximum absolute atomic E-state index is 11.3. The lowest BCUT2D eigenvalue weighted by Crippen LogP contribution is -2.47. The van der Waals surface area contributed by atoms with Gasteiger partial charge in [0.1, 0.15) is 6.04 Å². The molecule has 0 aromatic heterocycles. The Hall–Kier alpha value is -1.70. The van der Waals surface area contributed by atoms with E-state index in [2.05, 4.69) is 22.5 Å². The number of urea groups is 1. The lowest BCUT2D eigenvalue weighted by Gasteiger charge is -2.13. The third-order valence-corrected chi connectivity index (χ3v) is 2.36. The fraction of sp³-hybridized carbons (Fsp3) is 0.636. The highest BCUT2D eigenvalue weighted by Gasteiger charge is 2.37. The van der Waals surface area contributed by atoms with E-state index in [0.29, 0.717) is 13.0 Å². The van der Waals surface area contributed by atoms with Crippen molar-refractivity contribution in [1.82, 2.24) is 10.6 Å². The second-order valence-corrected chi connectivity index (χ2v) is 3.73. The van der Waals surface area contributed by atoms with Gasteiger partial charge in [0.05, 0.1) is 0 Å². The number of amides is 2. The number of rotatable bonds is 5. The minimum absolute atomic E-state index is 0.0960. The molecule has 0 aromatic carbocycles. The summed E-state index contributed by atoms with van der Waals surface area (Å²) in [6, 6.07) is -1.19. The van der Waals surface area contributed by atoms with E-state index in [1.54, 1.807) is 6.92 Å². The number of carboxylic acid groups (broad SMARTS) is 1. The largest absolute Gasteiger partial charge is 0.480 e. The summed E-state index contributed by atoms with van der Waals surface area (Å²) in [7, 11) is 0. The molecule has 0 aromatic rings. The maximum atomic E-state index is 11.3. The Morgan fingerprint density at radius 2 is 2.19 bits per heavy atom. The number of carbonyl (C=O) groups is 2. The molecule has 16 heavy (non-hydrogen) atoms. The first-order chi connectivity index (χ1) is 7.65. The molecule has 1 saturated carbocycles. The molecule has 3 N–H and O–H groups in total. The molecule has 88 valence electrons. The van der Waals surface area contributed by atoms with E-state index in [1.165, 1.54) is 0 Å². The van der Waals surface area contributed by atoms with Gasteiger partial charge in [-0.3, -0.25) is 0 Å². The molecule has 0 saturated heterocycles. The molecule has 0 radical (unpaired) electrons. The van der Waals surface area contributed by atoms with Gasteiger partial charge in [-0.15, -0.1) is 11.8 Å². The highest BCUT2D eigenvalue weighted by atomic mass is 16.4. The fourth-order valence-corrected chi connectivity index (χ4v) is 1.37. The number of hydrogen-bond donors (Lipinski definition) is 3. The van der Waals surface area contributed by atoms with Gasteiger partial charge in [-0.2, -0.15) is 0 Å². The lowest BCUT2D eigenvalue weighted by atomic mass is 10.2. The van der Waals surface area contributed by atoms with E-state index in [4.69, 9.17) is 5.11 Å². The van der Waals surface area contributed by atoms with E-state index in [-0.39, 0.29) is 5.92 Å². The van der Waals surface area contributed by atoms with Crippen LogP contribution in [0.5, 0.6) is 0 Å². The Morgan fingerprint density at radius 1 is 1.50 bits per heavy atom. The van der Waals surface area contributed by atoms with Crippen LogP contribution >= 0.6 is 0 Å². The van der Waals surface area contributed by atoms with Crippen molar-refractivity contribution in [3.63, 3.8) is 0 Å². The van der Waals surface area contributed by atoms with E-state index in [1.807, 2.05) is 0 Å². The first-order valence-corrected chi connectivity index (χ1v) is 5.32. The smallest absolute Gasteiger partial charge is 0.326 e. The van der Waals surface area contributed by atoms with Crippen LogP contribution in [0.25, 0.3) is 0 Å². The summed E-state index contributed by atoms with van der Waals surface area (Å²) in [5.74, 6) is 4.65. The van der Waals surface area contributed by atoms with Crippen LogP contribution in [0, 0.1) is 17.8 Å². The summed E-state index contributed by atoms with van der Waals surface area (Å²) in [6.45, 7) is 2.16. The van der Waals surface area contributed by atoms with Crippen molar-refractivity contribution in [3.8, 4) is 11.8 Å². The SMILES string of the molecule is CC#CCCNC(=O)NC(C(=O)O)C1CC1. The third kappa shape index (κ3) is 4.22. The third-order valence-electron chi connectivity index (χ3n) is 2.36. The lowest BCUT2D eigenvalue weighted by molar-refractivity contribution is -0.139. The average molecular weight is 224 g/mol. The Kier molecular flexibility index (Phi) is 4.65. The van der Waals surface area contributed by atoms with Gasteiger partial charge >= 0.3 is 12.0 Å². The molecule has 5 nitrogen and oxygen atoms in total. The minimum Gasteiger partial charge on any atom is -0.480 e. The van der Waals surface area contributed by atoms with Gasteiger partial charge in [-0.05, 0) is 25.7 Å². The van der Waals surface area contributed by atoms with E-state index >= 15 is 0 Å². The summed E-state index contributed by atoms with van der Waals surface area (Å²) >= 11 is 0. The molecule has 1 atom stereocenters. The molecule has 0 bridgehead atoms. The standard InChI is InChI=1S/C11H16N2O3/c1-2-3-4-7-12-11(16)13-9(10(14)15)8-5-6-8/h8-9H,4-7H2,1H3,(H,14,15)(H2,12,13,16). The van der Waals surface area contributed by atoms with E-state index in [0.717, 1.165) is 12.8 Å². The summed E-state index contributed by atoms with van der Waals surface area (Å²) in [5, 5.41) is 13.9.